The summed E-state index contributed by atoms with van der Waals surface area (Å²) in [7, 11) is 0. The van der Waals surface area contributed by atoms with Gasteiger partial charge in [0.1, 0.15) is 0 Å². The highest BCUT2D eigenvalue weighted by molar-refractivity contribution is 5.77. The Hall–Kier alpha value is -1.55. The second-order valence-electron chi connectivity index (χ2n) is 4.26. The van der Waals surface area contributed by atoms with Crippen molar-refractivity contribution in [3.8, 4) is 0 Å². The maximum Gasteiger partial charge on any atom is 0.201 e. The maximum atomic E-state index is 4.45. The van der Waals surface area contributed by atoms with Crippen LogP contribution in [0.5, 0.6) is 0 Å². The van der Waals surface area contributed by atoms with Crippen LogP contribution in [0.4, 0.5) is 5.95 Å². The molecule has 1 saturated carbocycles. The number of benzene rings is 1. The summed E-state index contributed by atoms with van der Waals surface area (Å²) in [6.45, 7) is 1.91. The molecule has 2 aromatic rings. The summed E-state index contributed by atoms with van der Waals surface area (Å²) in [5.74, 6) is 0.860. The van der Waals surface area contributed by atoms with E-state index in [1.807, 2.05) is 24.3 Å². The fourth-order valence-electron chi connectivity index (χ4n) is 1.78. The van der Waals surface area contributed by atoms with Crippen molar-refractivity contribution < 1.29 is 0 Å². The highest BCUT2D eigenvalue weighted by atomic mass is 15.1. The van der Waals surface area contributed by atoms with E-state index in [0.29, 0.717) is 0 Å². The summed E-state index contributed by atoms with van der Waals surface area (Å²) in [6, 6.07) is 8.84. The number of aromatic amines is 1. The summed E-state index contributed by atoms with van der Waals surface area (Å²) in [4.78, 5) is 7.70. The van der Waals surface area contributed by atoms with Gasteiger partial charge in [-0.05, 0) is 25.0 Å². The first kappa shape index (κ1) is 9.66. The zero-order valence-corrected chi connectivity index (χ0v) is 9.16. The van der Waals surface area contributed by atoms with Crippen molar-refractivity contribution in [1.82, 2.24) is 15.3 Å². The Bertz CT molecular complexity index is 440. The topological polar surface area (TPSA) is 52.7 Å². The van der Waals surface area contributed by atoms with Gasteiger partial charge in [0, 0.05) is 19.1 Å². The van der Waals surface area contributed by atoms with Crippen LogP contribution in [-0.2, 0) is 0 Å². The minimum Gasteiger partial charge on any atom is -0.355 e. The van der Waals surface area contributed by atoms with E-state index in [0.717, 1.165) is 36.1 Å². The normalized spacial score (nSPS) is 15.5. The number of hydrogen-bond acceptors (Lipinski definition) is 3. The Balaban J connectivity index is 1.56. The van der Waals surface area contributed by atoms with Crippen LogP contribution >= 0.6 is 0 Å². The summed E-state index contributed by atoms with van der Waals surface area (Å²) >= 11 is 0. The second-order valence-corrected chi connectivity index (χ2v) is 4.26. The Morgan fingerprint density at radius 3 is 2.94 bits per heavy atom. The molecule has 0 amide bonds. The monoisotopic (exact) mass is 216 g/mol. The molecule has 1 heterocycles. The molecule has 1 fully saturated rings. The van der Waals surface area contributed by atoms with Crippen molar-refractivity contribution in [2.24, 2.45) is 0 Å². The van der Waals surface area contributed by atoms with E-state index >= 15 is 0 Å². The van der Waals surface area contributed by atoms with Gasteiger partial charge in [-0.25, -0.2) is 4.98 Å². The van der Waals surface area contributed by atoms with Crippen molar-refractivity contribution in [2.45, 2.75) is 18.9 Å². The van der Waals surface area contributed by atoms with Gasteiger partial charge in [-0.1, -0.05) is 12.1 Å². The smallest absolute Gasteiger partial charge is 0.201 e. The number of H-pyrrole nitrogens is 1. The molecule has 0 bridgehead atoms. The first-order chi connectivity index (χ1) is 7.92. The molecule has 1 aromatic carbocycles. The van der Waals surface area contributed by atoms with Gasteiger partial charge >= 0.3 is 0 Å². The van der Waals surface area contributed by atoms with Gasteiger partial charge in [-0.15, -0.1) is 0 Å². The molecule has 0 aliphatic heterocycles. The van der Waals surface area contributed by atoms with E-state index < -0.39 is 0 Å². The van der Waals surface area contributed by atoms with Crippen molar-refractivity contribution in [3.05, 3.63) is 24.3 Å². The van der Waals surface area contributed by atoms with E-state index in [4.69, 9.17) is 0 Å². The maximum absolute atomic E-state index is 4.45. The third kappa shape index (κ3) is 2.17. The third-order valence-electron chi connectivity index (χ3n) is 2.82. The molecule has 4 nitrogen and oxygen atoms in total. The van der Waals surface area contributed by atoms with Crippen LogP contribution < -0.4 is 10.6 Å². The number of para-hydroxylation sites is 2. The quantitative estimate of drug-likeness (QED) is 0.667. The van der Waals surface area contributed by atoms with Gasteiger partial charge in [0.2, 0.25) is 5.95 Å². The molecule has 3 N–H and O–H groups in total. The fourth-order valence-corrected chi connectivity index (χ4v) is 1.78. The van der Waals surface area contributed by atoms with Crippen LogP contribution in [0.15, 0.2) is 24.3 Å². The van der Waals surface area contributed by atoms with Crippen molar-refractivity contribution in [3.63, 3.8) is 0 Å². The zero-order chi connectivity index (χ0) is 10.8. The van der Waals surface area contributed by atoms with Gasteiger partial charge in [0.25, 0.3) is 0 Å². The number of nitrogens with zero attached hydrogens (tertiary/aromatic N) is 1. The lowest BCUT2D eigenvalue weighted by Gasteiger charge is -2.03. The Kier molecular flexibility index (Phi) is 2.50. The summed E-state index contributed by atoms with van der Waals surface area (Å²) in [6.07, 6.45) is 2.68. The van der Waals surface area contributed by atoms with Crippen molar-refractivity contribution >= 4 is 17.0 Å². The second kappa shape index (κ2) is 4.14. The molecule has 4 heteroatoms. The number of fused-ring (bicyclic) bond motifs is 1. The average Bonchev–Trinajstić information content (AvgIpc) is 3.03. The molecular formula is C12H16N4. The number of nitrogens with one attached hydrogen (secondary N) is 3. The van der Waals surface area contributed by atoms with Gasteiger partial charge in [-0.2, -0.15) is 0 Å². The molecule has 84 valence electrons. The summed E-state index contributed by atoms with van der Waals surface area (Å²) in [5.41, 5.74) is 2.10. The van der Waals surface area contributed by atoms with Gasteiger partial charge in [0.15, 0.2) is 0 Å². The Morgan fingerprint density at radius 2 is 2.12 bits per heavy atom. The average molecular weight is 216 g/mol. The highest BCUT2D eigenvalue weighted by Gasteiger charge is 2.19. The van der Waals surface area contributed by atoms with Gasteiger partial charge < -0.3 is 15.6 Å². The number of aromatic nitrogens is 2. The van der Waals surface area contributed by atoms with E-state index in [1.165, 1.54) is 12.8 Å². The lowest BCUT2D eigenvalue weighted by Crippen LogP contribution is -2.24. The van der Waals surface area contributed by atoms with Crippen LogP contribution in [0.25, 0.3) is 11.0 Å². The molecule has 1 aliphatic rings. The van der Waals surface area contributed by atoms with E-state index in [2.05, 4.69) is 20.6 Å². The molecule has 3 rings (SSSR count). The first-order valence-corrected chi connectivity index (χ1v) is 5.84. The number of hydrogen-bond donors (Lipinski definition) is 3. The minimum absolute atomic E-state index is 0.775. The summed E-state index contributed by atoms with van der Waals surface area (Å²) in [5, 5.41) is 6.74. The van der Waals surface area contributed by atoms with Gasteiger partial charge in [-0.3, -0.25) is 0 Å². The standard InChI is InChI=1S/C12H16N4/c1-2-4-11-10(3-1)15-12(16-11)14-8-7-13-9-5-6-9/h1-4,9,13H,5-8H2,(H2,14,15,16). The van der Waals surface area contributed by atoms with E-state index in [9.17, 15) is 0 Å². The molecule has 1 aliphatic carbocycles. The van der Waals surface area contributed by atoms with E-state index in [1.54, 1.807) is 0 Å². The predicted molar refractivity (Wildman–Crippen MR) is 65.6 cm³/mol. The molecule has 1 aromatic heterocycles. The number of rotatable bonds is 5. The highest BCUT2D eigenvalue weighted by Crippen LogP contribution is 2.18. The van der Waals surface area contributed by atoms with Crippen molar-refractivity contribution in [2.75, 3.05) is 18.4 Å². The van der Waals surface area contributed by atoms with Crippen LogP contribution in [-0.4, -0.2) is 29.1 Å². The molecule has 0 radical (unpaired) electrons. The molecule has 16 heavy (non-hydrogen) atoms. The third-order valence-corrected chi connectivity index (χ3v) is 2.82. The van der Waals surface area contributed by atoms with E-state index in [-0.39, 0.29) is 0 Å². The van der Waals surface area contributed by atoms with Crippen LogP contribution in [0.3, 0.4) is 0 Å². The predicted octanol–water partition coefficient (Wildman–Crippen LogP) is 1.73. The lowest BCUT2D eigenvalue weighted by atomic mass is 10.3. The van der Waals surface area contributed by atoms with Crippen molar-refractivity contribution in [1.29, 1.82) is 0 Å². The molecule has 0 unspecified atom stereocenters. The zero-order valence-electron chi connectivity index (χ0n) is 9.16. The lowest BCUT2D eigenvalue weighted by molar-refractivity contribution is 0.700. The Morgan fingerprint density at radius 1 is 1.25 bits per heavy atom. The Labute approximate surface area is 94.5 Å². The molecular weight excluding hydrogens is 200 g/mol. The minimum atomic E-state index is 0.775. The number of imidazole rings is 1. The molecule has 0 saturated heterocycles. The SMILES string of the molecule is c1ccc2[nH]c(NCCNC3CC3)nc2c1. The van der Waals surface area contributed by atoms with Crippen LogP contribution in [0, 0.1) is 0 Å². The fraction of sp³-hybridized carbons (Fsp3) is 0.417. The summed E-state index contributed by atoms with van der Waals surface area (Å²) < 4.78 is 0. The first-order valence-electron chi connectivity index (χ1n) is 5.84. The van der Waals surface area contributed by atoms with Gasteiger partial charge in [0.05, 0.1) is 11.0 Å². The molecule has 0 atom stereocenters. The molecule has 0 spiro atoms. The largest absolute Gasteiger partial charge is 0.355 e. The van der Waals surface area contributed by atoms with Crippen LogP contribution in [0.1, 0.15) is 12.8 Å². The van der Waals surface area contributed by atoms with Crippen LogP contribution in [0.2, 0.25) is 0 Å². The number of anilines is 1.